The number of hydrogen-bond donors (Lipinski definition) is 2. The van der Waals surface area contributed by atoms with Crippen LogP contribution in [-0.4, -0.2) is 36.9 Å². The molecule has 0 radical (unpaired) electrons. The highest BCUT2D eigenvalue weighted by Crippen LogP contribution is 2.18. The van der Waals surface area contributed by atoms with E-state index >= 15 is 0 Å². The summed E-state index contributed by atoms with van der Waals surface area (Å²) >= 11 is 0. The first-order chi connectivity index (χ1) is 8.95. The highest BCUT2D eigenvalue weighted by molar-refractivity contribution is 5.99. The molecule has 0 spiro atoms. The number of carbonyl (C=O) groups excluding carboxylic acids is 1. The molecule has 0 amide bonds. The summed E-state index contributed by atoms with van der Waals surface area (Å²) in [7, 11) is 2.12. The van der Waals surface area contributed by atoms with Crippen LogP contribution in [0.15, 0.2) is 18.2 Å². The lowest BCUT2D eigenvalue weighted by Gasteiger charge is -2.23. The van der Waals surface area contributed by atoms with Gasteiger partial charge >= 0.3 is 0 Å². The highest BCUT2D eigenvalue weighted by Gasteiger charge is 2.07. The van der Waals surface area contributed by atoms with Gasteiger partial charge in [0.05, 0.1) is 0 Å². The van der Waals surface area contributed by atoms with Gasteiger partial charge in [0.25, 0.3) is 0 Å². The molecular formula is C15H25N3O. The summed E-state index contributed by atoms with van der Waals surface area (Å²) < 4.78 is 0. The molecule has 0 bridgehead atoms. The van der Waals surface area contributed by atoms with Crippen molar-refractivity contribution < 1.29 is 4.79 Å². The van der Waals surface area contributed by atoms with Crippen LogP contribution >= 0.6 is 0 Å². The van der Waals surface area contributed by atoms with E-state index in [-0.39, 0.29) is 5.78 Å². The number of likely N-dealkylation sites (N-methyl/N-ethyl adjacent to an activating group) is 1. The number of benzene rings is 1. The molecule has 0 heterocycles. The molecule has 4 heteroatoms. The Morgan fingerprint density at radius 2 is 2.16 bits per heavy atom. The Hall–Kier alpha value is -1.55. The van der Waals surface area contributed by atoms with Crippen molar-refractivity contribution in [1.82, 2.24) is 4.90 Å². The van der Waals surface area contributed by atoms with Crippen LogP contribution in [0.2, 0.25) is 0 Å². The van der Waals surface area contributed by atoms with Crippen LogP contribution in [-0.2, 0) is 0 Å². The van der Waals surface area contributed by atoms with Crippen LogP contribution in [0.4, 0.5) is 11.4 Å². The quantitative estimate of drug-likeness (QED) is 0.586. The van der Waals surface area contributed by atoms with E-state index in [1.54, 1.807) is 6.07 Å². The molecule has 1 unspecified atom stereocenters. The van der Waals surface area contributed by atoms with Crippen molar-refractivity contribution in [3.8, 4) is 0 Å². The monoisotopic (exact) mass is 263 g/mol. The topological polar surface area (TPSA) is 58.4 Å². The number of ketones is 1. The Balaban J connectivity index is 2.54. The maximum Gasteiger partial charge on any atom is 0.161 e. The van der Waals surface area contributed by atoms with Gasteiger partial charge in [-0.2, -0.15) is 0 Å². The van der Waals surface area contributed by atoms with E-state index in [9.17, 15) is 4.79 Å². The van der Waals surface area contributed by atoms with Crippen molar-refractivity contribution in [3.63, 3.8) is 0 Å². The Morgan fingerprint density at radius 3 is 2.74 bits per heavy atom. The fraction of sp³-hybridized carbons (Fsp3) is 0.533. The van der Waals surface area contributed by atoms with E-state index in [1.807, 2.05) is 12.1 Å². The predicted molar refractivity (Wildman–Crippen MR) is 81.7 cm³/mol. The second-order valence-corrected chi connectivity index (χ2v) is 5.02. The molecule has 1 aromatic carbocycles. The van der Waals surface area contributed by atoms with Gasteiger partial charge < -0.3 is 16.0 Å². The van der Waals surface area contributed by atoms with Gasteiger partial charge in [-0.3, -0.25) is 4.79 Å². The molecule has 4 nitrogen and oxygen atoms in total. The fourth-order valence-electron chi connectivity index (χ4n) is 1.88. The zero-order valence-corrected chi connectivity index (χ0v) is 12.4. The summed E-state index contributed by atoms with van der Waals surface area (Å²) in [6.45, 7) is 7.76. The first-order valence-electron chi connectivity index (χ1n) is 6.80. The number of nitrogens with two attached hydrogens (primary N) is 1. The minimum Gasteiger partial charge on any atom is -0.398 e. The highest BCUT2D eigenvalue weighted by atomic mass is 16.1. The maximum atomic E-state index is 11.4. The van der Waals surface area contributed by atoms with Gasteiger partial charge in [0.1, 0.15) is 0 Å². The molecular weight excluding hydrogens is 238 g/mol. The third-order valence-corrected chi connectivity index (χ3v) is 3.57. The van der Waals surface area contributed by atoms with Crippen LogP contribution in [0.1, 0.15) is 37.6 Å². The average molecular weight is 263 g/mol. The molecule has 0 aliphatic carbocycles. The van der Waals surface area contributed by atoms with Crippen molar-refractivity contribution >= 4 is 17.2 Å². The van der Waals surface area contributed by atoms with Crippen molar-refractivity contribution in [2.75, 3.05) is 31.2 Å². The Kier molecular flexibility index (Phi) is 5.83. The van der Waals surface area contributed by atoms with E-state index in [2.05, 4.69) is 31.1 Å². The minimum atomic E-state index is -0.00197. The molecule has 0 aromatic heterocycles. The van der Waals surface area contributed by atoms with Gasteiger partial charge in [0.15, 0.2) is 5.78 Å². The van der Waals surface area contributed by atoms with Gasteiger partial charge in [0, 0.05) is 36.1 Å². The van der Waals surface area contributed by atoms with Crippen LogP contribution < -0.4 is 11.1 Å². The molecule has 0 saturated heterocycles. The van der Waals surface area contributed by atoms with Gasteiger partial charge in [0.2, 0.25) is 0 Å². The van der Waals surface area contributed by atoms with Crippen LogP contribution in [0.25, 0.3) is 0 Å². The Morgan fingerprint density at radius 1 is 1.47 bits per heavy atom. The molecule has 3 N–H and O–H groups in total. The molecule has 1 aromatic rings. The molecule has 1 rings (SSSR count). The summed E-state index contributed by atoms with van der Waals surface area (Å²) in [4.78, 5) is 13.7. The molecule has 0 aliphatic rings. The Labute approximate surface area is 116 Å². The summed E-state index contributed by atoms with van der Waals surface area (Å²) in [6.07, 6.45) is 1.15. The second kappa shape index (κ2) is 7.14. The van der Waals surface area contributed by atoms with Crippen LogP contribution in [0, 0.1) is 0 Å². The van der Waals surface area contributed by atoms with E-state index in [0.717, 1.165) is 25.2 Å². The van der Waals surface area contributed by atoms with Gasteiger partial charge in [-0.05, 0) is 45.5 Å². The molecule has 0 fully saturated rings. The number of hydrogen-bond acceptors (Lipinski definition) is 4. The number of nitrogens with zero attached hydrogens (tertiary/aromatic N) is 1. The maximum absolute atomic E-state index is 11.4. The van der Waals surface area contributed by atoms with Gasteiger partial charge in [-0.25, -0.2) is 0 Å². The van der Waals surface area contributed by atoms with Crippen molar-refractivity contribution in [1.29, 1.82) is 0 Å². The van der Waals surface area contributed by atoms with Crippen molar-refractivity contribution in [2.24, 2.45) is 0 Å². The molecule has 106 valence electrons. The fourth-order valence-corrected chi connectivity index (χ4v) is 1.88. The Bertz CT molecular complexity index is 431. The predicted octanol–water partition coefficient (Wildman–Crippen LogP) is 2.61. The number of Topliss-reactive ketones (excluding diaryl/α,β-unsaturated/α-hetero) is 1. The number of rotatable bonds is 7. The third-order valence-electron chi connectivity index (χ3n) is 3.57. The molecule has 1 atom stereocenters. The van der Waals surface area contributed by atoms with E-state index in [4.69, 9.17) is 5.73 Å². The lowest BCUT2D eigenvalue weighted by molar-refractivity contribution is 0.101. The van der Waals surface area contributed by atoms with E-state index in [0.29, 0.717) is 17.3 Å². The average Bonchev–Trinajstić information content (AvgIpc) is 2.39. The van der Waals surface area contributed by atoms with Gasteiger partial charge in [-0.1, -0.05) is 6.92 Å². The van der Waals surface area contributed by atoms with Gasteiger partial charge in [-0.15, -0.1) is 0 Å². The normalized spacial score (nSPS) is 12.5. The summed E-state index contributed by atoms with van der Waals surface area (Å²) in [5.41, 5.74) is 7.83. The third kappa shape index (κ3) is 4.56. The standard InChI is InChI=1S/C15H25N3O/c1-5-11(2)18(4)9-8-17-13-6-7-15(16)14(10-13)12(3)19/h6-7,10-11,17H,5,8-9,16H2,1-4H3. The van der Waals surface area contributed by atoms with Crippen LogP contribution in [0.5, 0.6) is 0 Å². The van der Waals surface area contributed by atoms with E-state index < -0.39 is 0 Å². The molecule has 0 saturated carbocycles. The number of nitrogens with one attached hydrogen (secondary N) is 1. The lowest BCUT2D eigenvalue weighted by atomic mass is 10.1. The summed E-state index contributed by atoms with van der Waals surface area (Å²) in [5, 5.41) is 3.33. The SMILES string of the molecule is CCC(C)N(C)CCNc1ccc(N)c(C(C)=O)c1. The smallest absolute Gasteiger partial charge is 0.161 e. The summed E-state index contributed by atoms with van der Waals surface area (Å²) in [5.74, 6) is -0.00197. The number of anilines is 2. The second-order valence-electron chi connectivity index (χ2n) is 5.02. The first kappa shape index (κ1) is 15.5. The number of nitrogen functional groups attached to an aromatic ring is 1. The van der Waals surface area contributed by atoms with Crippen molar-refractivity contribution in [3.05, 3.63) is 23.8 Å². The molecule has 0 aliphatic heterocycles. The zero-order valence-electron chi connectivity index (χ0n) is 12.4. The lowest BCUT2D eigenvalue weighted by Crippen LogP contribution is -2.32. The molecule has 19 heavy (non-hydrogen) atoms. The minimum absolute atomic E-state index is 0.00197. The van der Waals surface area contributed by atoms with Crippen molar-refractivity contribution in [2.45, 2.75) is 33.2 Å². The first-order valence-corrected chi connectivity index (χ1v) is 6.80. The number of carbonyl (C=O) groups is 1. The van der Waals surface area contributed by atoms with E-state index in [1.165, 1.54) is 6.92 Å². The zero-order chi connectivity index (χ0) is 14.4. The largest absolute Gasteiger partial charge is 0.398 e. The van der Waals surface area contributed by atoms with Crippen LogP contribution in [0.3, 0.4) is 0 Å². The summed E-state index contributed by atoms with van der Waals surface area (Å²) in [6, 6.07) is 6.09.